The molecule has 0 saturated carbocycles. The molecule has 8 nitrogen and oxygen atoms in total. The highest BCUT2D eigenvalue weighted by atomic mass is 32.1. The van der Waals surface area contributed by atoms with Crippen molar-refractivity contribution in [1.82, 2.24) is 14.8 Å². The zero-order chi connectivity index (χ0) is 21.3. The summed E-state index contributed by atoms with van der Waals surface area (Å²) in [5.74, 6) is 0.0354. The van der Waals surface area contributed by atoms with E-state index in [4.69, 9.17) is 11.5 Å². The number of thiazole rings is 1. The number of anilines is 3. The average molecular weight is 430 g/mol. The lowest BCUT2D eigenvalue weighted by molar-refractivity contribution is 0.102. The van der Waals surface area contributed by atoms with Gasteiger partial charge in [-0.2, -0.15) is 5.10 Å². The van der Waals surface area contributed by atoms with Crippen molar-refractivity contribution in [2.75, 3.05) is 29.0 Å². The number of nitrogen functional groups attached to an aromatic ring is 1. The quantitative estimate of drug-likeness (QED) is 0.587. The summed E-state index contributed by atoms with van der Waals surface area (Å²) < 4.78 is 15.3. The number of nitrogens with two attached hydrogens (primary N) is 2. The van der Waals surface area contributed by atoms with Crippen LogP contribution in [0.15, 0.2) is 30.5 Å². The van der Waals surface area contributed by atoms with Gasteiger partial charge in [-0.05, 0) is 31.4 Å². The molecule has 3 heterocycles. The van der Waals surface area contributed by atoms with E-state index in [2.05, 4.69) is 20.3 Å². The topological polar surface area (TPSA) is 115 Å². The molecule has 0 aliphatic carbocycles. The van der Waals surface area contributed by atoms with Gasteiger partial charge in [0.1, 0.15) is 21.5 Å². The molecule has 1 aliphatic rings. The smallest absolute Gasteiger partial charge is 0.277 e. The lowest BCUT2D eigenvalue weighted by Crippen LogP contribution is -2.29. The predicted octanol–water partition coefficient (Wildman–Crippen LogP) is 2.83. The highest BCUT2D eigenvalue weighted by Gasteiger charge is 2.24. The molecule has 30 heavy (non-hydrogen) atoms. The number of carbonyl (C=O) groups excluding carboxylic acids is 1. The Hall–Kier alpha value is -2.98. The lowest BCUT2D eigenvalue weighted by atomic mass is 10.1. The van der Waals surface area contributed by atoms with Crippen LogP contribution in [-0.4, -0.2) is 39.8 Å². The molecule has 1 aromatic carbocycles. The summed E-state index contributed by atoms with van der Waals surface area (Å²) in [6.45, 7) is 1.64. The van der Waals surface area contributed by atoms with Gasteiger partial charge in [-0.15, -0.1) is 0 Å². The Balaban J connectivity index is 1.57. The number of amides is 1. The zero-order valence-corrected chi connectivity index (χ0v) is 17.5. The minimum Gasteiger partial charge on any atom is -0.389 e. The summed E-state index contributed by atoms with van der Waals surface area (Å²) in [5.41, 5.74) is 13.4. The first kappa shape index (κ1) is 20.3. The molecule has 0 spiro atoms. The van der Waals surface area contributed by atoms with Gasteiger partial charge in [-0.3, -0.25) is 9.48 Å². The first-order valence-corrected chi connectivity index (χ1v) is 10.6. The van der Waals surface area contributed by atoms with Crippen LogP contribution in [0.3, 0.4) is 0 Å². The molecule has 158 valence electrons. The number of halogens is 1. The van der Waals surface area contributed by atoms with E-state index >= 15 is 0 Å². The molecule has 4 rings (SSSR count). The van der Waals surface area contributed by atoms with E-state index in [0.29, 0.717) is 16.3 Å². The SMILES string of the molecule is Cn1ncc(NC(=O)c2nc(-c3cccc(F)c3)sc2N)c1N1CCC[C@@H](N)CC1. The van der Waals surface area contributed by atoms with Crippen molar-refractivity contribution in [1.29, 1.82) is 0 Å². The highest BCUT2D eigenvalue weighted by Crippen LogP contribution is 2.32. The van der Waals surface area contributed by atoms with Crippen molar-refractivity contribution in [3.05, 3.63) is 42.0 Å². The summed E-state index contributed by atoms with van der Waals surface area (Å²) in [7, 11) is 1.84. The number of aryl methyl sites for hydroxylation is 1. The fourth-order valence-electron chi connectivity index (χ4n) is 3.65. The third-order valence-corrected chi connectivity index (χ3v) is 6.10. The monoisotopic (exact) mass is 429 g/mol. The molecule has 2 aromatic heterocycles. The van der Waals surface area contributed by atoms with Crippen LogP contribution in [0.2, 0.25) is 0 Å². The molecule has 1 aliphatic heterocycles. The van der Waals surface area contributed by atoms with E-state index < -0.39 is 5.91 Å². The first-order valence-electron chi connectivity index (χ1n) is 9.78. The summed E-state index contributed by atoms with van der Waals surface area (Å²) in [5, 5.41) is 7.97. The number of nitrogens with one attached hydrogen (secondary N) is 1. The van der Waals surface area contributed by atoms with E-state index in [1.54, 1.807) is 23.0 Å². The van der Waals surface area contributed by atoms with Gasteiger partial charge < -0.3 is 21.7 Å². The molecule has 1 amide bonds. The summed E-state index contributed by atoms with van der Waals surface area (Å²) in [4.78, 5) is 19.5. The second-order valence-electron chi connectivity index (χ2n) is 7.38. The number of aromatic nitrogens is 3. The zero-order valence-electron chi connectivity index (χ0n) is 16.6. The van der Waals surface area contributed by atoms with E-state index in [9.17, 15) is 9.18 Å². The molecular weight excluding hydrogens is 405 g/mol. The van der Waals surface area contributed by atoms with Crippen molar-refractivity contribution in [3.63, 3.8) is 0 Å². The van der Waals surface area contributed by atoms with Gasteiger partial charge in [-0.25, -0.2) is 9.37 Å². The van der Waals surface area contributed by atoms with Gasteiger partial charge in [0.2, 0.25) is 0 Å². The molecule has 10 heteroatoms. The molecule has 1 fully saturated rings. The van der Waals surface area contributed by atoms with E-state index in [-0.39, 0.29) is 22.6 Å². The lowest BCUT2D eigenvalue weighted by Gasteiger charge is -2.24. The molecular formula is C20H24FN7OS. The van der Waals surface area contributed by atoms with Crippen LogP contribution in [0.25, 0.3) is 10.6 Å². The van der Waals surface area contributed by atoms with Crippen molar-refractivity contribution in [2.24, 2.45) is 12.8 Å². The van der Waals surface area contributed by atoms with Crippen LogP contribution in [0.4, 0.5) is 20.9 Å². The maximum Gasteiger partial charge on any atom is 0.277 e. The minimum absolute atomic E-state index is 0.118. The third kappa shape index (κ3) is 4.14. The minimum atomic E-state index is -0.424. The molecule has 0 bridgehead atoms. The van der Waals surface area contributed by atoms with Crippen LogP contribution in [0.1, 0.15) is 29.8 Å². The van der Waals surface area contributed by atoms with Crippen molar-refractivity contribution in [3.8, 4) is 10.6 Å². The molecule has 5 N–H and O–H groups in total. The Morgan fingerprint density at radius 1 is 1.33 bits per heavy atom. The Labute approximate surface area is 177 Å². The number of hydrogen-bond donors (Lipinski definition) is 3. The maximum absolute atomic E-state index is 13.5. The fourth-order valence-corrected chi connectivity index (χ4v) is 4.47. The average Bonchev–Trinajstić information content (AvgIpc) is 3.20. The Bertz CT molecular complexity index is 1060. The van der Waals surface area contributed by atoms with Crippen LogP contribution < -0.4 is 21.7 Å². The highest BCUT2D eigenvalue weighted by molar-refractivity contribution is 7.19. The van der Waals surface area contributed by atoms with Crippen LogP contribution >= 0.6 is 11.3 Å². The number of hydrogen-bond acceptors (Lipinski definition) is 7. The van der Waals surface area contributed by atoms with Gasteiger partial charge in [0.25, 0.3) is 5.91 Å². The maximum atomic E-state index is 13.5. The molecule has 1 saturated heterocycles. The van der Waals surface area contributed by atoms with Crippen molar-refractivity contribution in [2.45, 2.75) is 25.3 Å². The Kier molecular flexibility index (Phi) is 5.69. The standard InChI is InChI=1S/C20H24FN7OS/c1-27-20(28-8-3-6-14(22)7-9-28)15(11-24-27)25-18(29)16-17(23)30-19(26-16)12-4-2-5-13(21)10-12/h2,4-5,10-11,14H,3,6-9,22-23H2,1H3,(H,25,29)/t14-/m1/s1. The summed E-state index contributed by atoms with van der Waals surface area (Å²) in [6, 6.07) is 6.23. The van der Waals surface area contributed by atoms with E-state index in [1.807, 2.05) is 7.05 Å². The predicted molar refractivity (Wildman–Crippen MR) is 117 cm³/mol. The van der Waals surface area contributed by atoms with Gasteiger partial charge in [-0.1, -0.05) is 23.5 Å². The van der Waals surface area contributed by atoms with Gasteiger partial charge in [0, 0.05) is 31.7 Å². The molecule has 3 aromatic rings. The number of rotatable bonds is 4. The third-order valence-electron chi connectivity index (χ3n) is 5.17. The second-order valence-corrected chi connectivity index (χ2v) is 8.41. The van der Waals surface area contributed by atoms with Crippen molar-refractivity contribution >= 4 is 33.8 Å². The number of benzene rings is 1. The van der Waals surface area contributed by atoms with Crippen LogP contribution in [0.5, 0.6) is 0 Å². The fraction of sp³-hybridized carbons (Fsp3) is 0.350. The van der Waals surface area contributed by atoms with E-state index in [1.165, 1.54) is 12.1 Å². The van der Waals surface area contributed by atoms with Crippen LogP contribution in [-0.2, 0) is 7.05 Å². The van der Waals surface area contributed by atoms with Gasteiger partial charge in [0.15, 0.2) is 11.5 Å². The normalized spacial score (nSPS) is 17.0. The van der Waals surface area contributed by atoms with Gasteiger partial charge in [0.05, 0.1) is 6.20 Å². The van der Waals surface area contributed by atoms with Gasteiger partial charge >= 0.3 is 0 Å². The summed E-state index contributed by atoms with van der Waals surface area (Å²) >= 11 is 1.15. The summed E-state index contributed by atoms with van der Waals surface area (Å²) in [6.07, 6.45) is 4.46. The van der Waals surface area contributed by atoms with E-state index in [0.717, 1.165) is 49.5 Å². The largest absolute Gasteiger partial charge is 0.389 e. The molecule has 0 unspecified atom stereocenters. The number of nitrogens with zero attached hydrogens (tertiary/aromatic N) is 4. The molecule has 1 atom stereocenters. The van der Waals surface area contributed by atoms with Crippen molar-refractivity contribution < 1.29 is 9.18 Å². The first-order chi connectivity index (χ1) is 14.4. The second kappa shape index (κ2) is 8.41. The Morgan fingerprint density at radius 2 is 2.17 bits per heavy atom. The molecule has 0 radical (unpaired) electrons. The number of carbonyl (C=O) groups is 1. The Morgan fingerprint density at radius 3 is 2.97 bits per heavy atom. The van der Waals surface area contributed by atoms with Crippen LogP contribution in [0, 0.1) is 5.82 Å².